The Bertz CT molecular complexity index is 981. The molecule has 4 nitrogen and oxygen atoms in total. The Morgan fingerprint density at radius 2 is 1.62 bits per heavy atom. The summed E-state index contributed by atoms with van der Waals surface area (Å²) in [7, 11) is 0. The largest absolute Gasteiger partial charge is 0.407 e. The third kappa shape index (κ3) is 5.59. The van der Waals surface area contributed by atoms with Crippen molar-refractivity contribution in [3.63, 3.8) is 0 Å². The number of nitriles is 1. The number of carbonyl (C=O) groups excluding carboxylic acids is 1. The molecule has 0 saturated heterocycles. The average Bonchev–Trinajstić information content (AvgIpc) is 3.51. The summed E-state index contributed by atoms with van der Waals surface area (Å²) in [5, 5.41) is 13.4. The molecule has 170 valence electrons. The minimum Gasteiger partial charge on any atom is -0.336 e. The van der Waals surface area contributed by atoms with Gasteiger partial charge in [-0.1, -0.05) is 42.5 Å². The quantitative estimate of drug-likeness (QED) is 0.565. The molecule has 3 rings (SSSR count). The number of nitrogens with zero attached hydrogens (tertiary/aromatic N) is 1. The van der Waals surface area contributed by atoms with Gasteiger partial charge < -0.3 is 5.32 Å². The Kier molecular flexibility index (Phi) is 6.51. The molecule has 1 saturated carbocycles. The van der Waals surface area contributed by atoms with Crippen LogP contribution < -0.4 is 10.6 Å². The average molecular weight is 455 g/mol. The van der Waals surface area contributed by atoms with E-state index >= 15 is 0 Å². The van der Waals surface area contributed by atoms with Crippen LogP contribution >= 0.6 is 0 Å². The number of nitrogens with one attached hydrogen (secondary N) is 2. The lowest BCUT2D eigenvalue weighted by Crippen LogP contribution is -2.53. The van der Waals surface area contributed by atoms with Crippen LogP contribution in [-0.4, -0.2) is 23.7 Å². The van der Waals surface area contributed by atoms with Crippen LogP contribution in [0.2, 0.25) is 0 Å². The van der Waals surface area contributed by atoms with E-state index in [1.54, 1.807) is 0 Å². The van der Waals surface area contributed by atoms with Gasteiger partial charge in [0.05, 0.1) is 12.1 Å². The van der Waals surface area contributed by atoms with Crippen molar-refractivity contribution in [2.45, 2.75) is 49.0 Å². The second-order valence-electron chi connectivity index (χ2n) is 7.70. The summed E-state index contributed by atoms with van der Waals surface area (Å²) in [5.74, 6) is -5.56. The van der Waals surface area contributed by atoms with Crippen LogP contribution in [0.3, 0.4) is 0 Å². The van der Waals surface area contributed by atoms with Crippen LogP contribution in [0.5, 0.6) is 0 Å². The van der Waals surface area contributed by atoms with Crippen LogP contribution in [0.1, 0.15) is 36.4 Å². The summed E-state index contributed by atoms with van der Waals surface area (Å²) >= 11 is 0. The SMILES string of the molecule is N#CC1(NC(=O)[C@H](CC(F)(F)c2ccccc2)N[C@@H](c2ccc(F)cc2)C(F)(F)F)CC1. The maximum Gasteiger partial charge on any atom is 0.407 e. The van der Waals surface area contributed by atoms with Crippen molar-refractivity contribution in [2.24, 2.45) is 0 Å². The molecule has 2 N–H and O–H groups in total. The number of rotatable bonds is 8. The number of alkyl halides is 5. The molecule has 1 aliphatic rings. The first kappa shape index (κ1) is 23.6. The summed E-state index contributed by atoms with van der Waals surface area (Å²) in [6.07, 6.45) is -5.70. The van der Waals surface area contributed by atoms with Gasteiger partial charge in [0.15, 0.2) is 0 Å². The summed E-state index contributed by atoms with van der Waals surface area (Å²) in [6, 6.07) is 7.07. The van der Waals surface area contributed by atoms with Crippen molar-refractivity contribution in [3.8, 4) is 6.07 Å². The topological polar surface area (TPSA) is 64.9 Å². The molecule has 1 aliphatic carbocycles. The molecular formula is C22H19F6N3O. The maximum absolute atomic E-state index is 14.9. The molecule has 32 heavy (non-hydrogen) atoms. The van der Waals surface area contributed by atoms with Crippen molar-refractivity contribution in [1.82, 2.24) is 10.6 Å². The van der Waals surface area contributed by atoms with Gasteiger partial charge in [-0.25, -0.2) is 13.2 Å². The third-order valence-corrected chi connectivity index (χ3v) is 5.20. The molecule has 0 heterocycles. The maximum atomic E-state index is 14.9. The van der Waals surface area contributed by atoms with Gasteiger partial charge in [-0.2, -0.15) is 18.4 Å². The van der Waals surface area contributed by atoms with E-state index < -0.39 is 59.0 Å². The predicted molar refractivity (Wildman–Crippen MR) is 103 cm³/mol. The van der Waals surface area contributed by atoms with Crippen molar-refractivity contribution < 1.29 is 31.1 Å². The van der Waals surface area contributed by atoms with Crippen LogP contribution in [-0.2, 0) is 10.7 Å². The zero-order valence-electron chi connectivity index (χ0n) is 16.6. The normalized spacial score (nSPS) is 17.2. The number of amides is 1. The number of benzene rings is 2. The first-order chi connectivity index (χ1) is 15.0. The van der Waals surface area contributed by atoms with Crippen molar-refractivity contribution in [1.29, 1.82) is 5.26 Å². The molecule has 2 aromatic rings. The Hall–Kier alpha value is -3.06. The van der Waals surface area contributed by atoms with Crippen LogP contribution in [0.25, 0.3) is 0 Å². The fourth-order valence-electron chi connectivity index (χ4n) is 3.23. The highest BCUT2D eigenvalue weighted by atomic mass is 19.4. The molecular weight excluding hydrogens is 436 g/mol. The zero-order valence-corrected chi connectivity index (χ0v) is 16.6. The number of hydrogen-bond donors (Lipinski definition) is 2. The van der Waals surface area contributed by atoms with Crippen LogP contribution in [0.15, 0.2) is 54.6 Å². The molecule has 0 spiro atoms. The van der Waals surface area contributed by atoms with E-state index in [9.17, 15) is 31.1 Å². The fraction of sp³-hybridized carbons (Fsp3) is 0.364. The Labute approximate surface area is 180 Å². The van der Waals surface area contributed by atoms with Crippen molar-refractivity contribution in [2.75, 3.05) is 0 Å². The van der Waals surface area contributed by atoms with E-state index in [0.29, 0.717) is 0 Å². The molecule has 1 fully saturated rings. The van der Waals surface area contributed by atoms with Gasteiger partial charge >= 0.3 is 6.18 Å². The lowest BCUT2D eigenvalue weighted by molar-refractivity contribution is -0.163. The van der Waals surface area contributed by atoms with E-state index in [0.717, 1.165) is 36.4 Å². The van der Waals surface area contributed by atoms with Gasteiger partial charge in [0.1, 0.15) is 17.4 Å². The van der Waals surface area contributed by atoms with Crippen molar-refractivity contribution in [3.05, 3.63) is 71.5 Å². The first-order valence-corrected chi connectivity index (χ1v) is 9.71. The third-order valence-electron chi connectivity index (χ3n) is 5.20. The number of hydrogen-bond acceptors (Lipinski definition) is 3. The van der Waals surface area contributed by atoms with Gasteiger partial charge in [-0.15, -0.1) is 0 Å². The Morgan fingerprint density at radius 1 is 1.03 bits per heavy atom. The van der Waals surface area contributed by atoms with E-state index in [1.807, 2.05) is 11.4 Å². The minimum absolute atomic E-state index is 0.275. The molecule has 10 heteroatoms. The van der Waals surface area contributed by atoms with Crippen LogP contribution in [0, 0.1) is 17.1 Å². The second kappa shape index (κ2) is 8.82. The molecule has 0 radical (unpaired) electrons. The van der Waals surface area contributed by atoms with Gasteiger partial charge in [0, 0.05) is 12.0 Å². The summed E-state index contributed by atoms with van der Waals surface area (Å²) in [5.41, 5.74) is -2.17. The monoisotopic (exact) mass is 455 g/mol. The van der Waals surface area contributed by atoms with Gasteiger partial charge in [0.2, 0.25) is 5.91 Å². The highest BCUT2D eigenvalue weighted by molar-refractivity contribution is 5.83. The zero-order chi connectivity index (χ0) is 23.6. The molecule has 1 amide bonds. The first-order valence-electron chi connectivity index (χ1n) is 9.71. The summed E-state index contributed by atoms with van der Waals surface area (Å²) < 4.78 is 84.3. The molecule has 2 aromatic carbocycles. The standard InChI is InChI=1S/C22H19F6N3O/c23-16-8-6-14(7-9-16)18(22(26,27)28)30-17(19(32)31-20(13-29)10-11-20)12-21(24,25)15-4-2-1-3-5-15/h1-9,17-18,30H,10-12H2,(H,31,32)/t17-,18-/m0/s1. The predicted octanol–water partition coefficient (Wildman–Crippen LogP) is 4.74. The smallest absolute Gasteiger partial charge is 0.336 e. The molecule has 0 unspecified atom stereocenters. The number of carbonyl (C=O) groups is 1. The number of halogens is 6. The van der Waals surface area contributed by atoms with E-state index in [1.165, 1.54) is 18.2 Å². The van der Waals surface area contributed by atoms with Gasteiger partial charge in [-0.05, 0) is 30.5 Å². The highest BCUT2D eigenvalue weighted by Gasteiger charge is 2.49. The van der Waals surface area contributed by atoms with Crippen molar-refractivity contribution >= 4 is 5.91 Å². The second-order valence-corrected chi connectivity index (χ2v) is 7.70. The van der Waals surface area contributed by atoms with Crippen LogP contribution in [0.4, 0.5) is 26.3 Å². The summed E-state index contributed by atoms with van der Waals surface area (Å²) in [4.78, 5) is 12.7. The van der Waals surface area contributed by atoms with Gasteiger partial charge in [-0.3, -0.25) is 10.1 Å². The molecule has 0 bridgehead atoms. The highest BCUT2D eigenvalue weighted by Crippen LogP contribution is 2.38. The Morgan fingerprint density at radius 3 is 2.12 bits per heavy atom. The summed E-state index contributed by atoms with van der Waals surface area (Å²) in [6.45, 7) is 0. The Balaban J connectivity index is 1.92. The molecule has 2 atom stereocenters. The molecule has 0 aromatic heterocycles. The van der Waals surface area contributed by atoms with Gasteiger partial charge in [0.25, 0.3) is 5.92 Å². The molecule has 0 aliphatic heterocycles. The minimum atomic E-state index is -4.97. The van der Waals surface area contributed by atoms with E-state index in [2.05, 4.69) is 5.32 Å². The van der Waals surface area contributed by atoms with E-state index in [4.69, 9.17) is 5.26 Å². The lowest BCUT2D eigenvalue weighted by Gasteiger charge is -2.30. The lowest BCUT2D eigenvalue weighted by atomic mass is 9.97. The van der Waals surface area contributed by atoms with E-state index in [-0.39, 0.29) is 12.8 Å². The fourth-order valence-corrected chi connectivity index (χ4v) is 3.23.